The highest BCUT2D eigenvalue weighted by atomic mass is 32.2. The maximum atomic E-state index is 15.5. The Morgan fingerprint density at radius 1 is 1.06 bits per heavy atom. The van der Waals surface area contributed by atoms with Crippen molar-refractivity contribution in [3.05, 3.63) is 34.7 Å². The zero-order valence-corrected chi connectivity index (χ0v) is 31.1. The van der Waals surface area contributed by atoms with E-state index in [0.717, 1.165) is 34.0 Å². The molecule has 20 heteroatoms. The van der Waals surface area contributed by atoms with Crippen molar-refractivity contribution < 1.29 is 55.1 Å². The van der Waals surface area contributed by atoms with Crippen molar-refractivity contribution >= 4 is 62.7 Å². The van der Waals surface area contributed by atoms with Crippen LogP contribution >= 0.6 is 18.9 Å². The van der Waals surface area contributed by atoms with E-state index in [2.05, 4.69) is 10.6 Å². The van der Waals surface area contributed by atoms with E-state index in [-0.39, 0.29) is 62.0 Å². The Hall–Kier alpha value is -3.06. The predicted molar refractivity (Wildman–Crippen MR) is 183 cm³/mol. The summed E-state index contributed by atoms with van der Waals surface area (Å²) < 4.78 is 79.2. The van der Waals surface area contributed by atoms with Crippen molar-refractivity contribution in [1.82, 2.24) is 24.7 Å². The number of β-amino-alcohol motifs (C(OH)–C–C–N with tert-alkyl or cyclic N) is 1. The molecule has 1 aromatic heterocycles. The summed E-state index contributed by atoms with van der Waals surface area (Å²) in [5.74, 6) is -2.21. The Bertz CT molecular complexity index is 1840. The summed E-state index contributed by atoms with van der Waals surface area (Å²) in [7, 11) is -8.49. The fraction of sp³-hybridized carbons (Fsp3) is 0.613. The standard InChI is InChI=1S/C31H42F2N5O10PS2/c1-5-47-49(44,48-6-2)31(32,33)20-7-10-26-19(13-20)14-27(50-26)29(42)35-23-15-36(18(3)39)12-11-21-8-9-24(38(21)30(23)43)28(41)34-22-16-37(17-25(22)40)51(4,45)46/h7,10,13-14,21-25,40H,5-6,8-9,11-12,15-17H2,1-4H3,(H,34,41)(H,35,42)/t21-,22+,23+,24+,25+/m1/s1. The van der Waals surface area contributed by atoms with Crippen molar-refractivity contribution in [3.63, 3.8) is 0 Å². The van der Waals surface area contributed by atoms with Crippen LogP contribution in [0, 0.1) is 0 Å². The van der Waals surface area contributed by atoms with E-state index < -0.39 is 76.8 Å². The van der Waals surface area contributed by atoms with Crippen molar-refractivity contribution in [1.29, 1.82) is 0 Å². The predicted octanol–water partition coefficient (Wildman–Crippen LogP) is 2.05. The molecule has 3 aliphatic heterocycles. The quantitative estimate of drug-likeness (QED) is 0.285. The Labute approximate surface area is 298 Å². The second-order valence-electron chi connectivity index (χ2n) is 12.8. The molecule has 0 unspecified atom stereocenters. The third-order valence-corrected chi connectivity index (χ3v) is 13.8. The smallest absolute Gasteiger partial charge is 0.390 e. The van der Waals surface area contributed by atoms with Gasteiger partial charge in [0.2, 0.25) is 27.7 Å². The number of nitrogens with zero attached hydrogens (tertiary/aromatic N) is 3. The molecule has 5 rings (SSSR count). The molecule has 0 bridgehead atoms. The van der Waals surface area contributed by atoms with Crippen molar-refractivity contribution in [3.8, 4) is 0 Å². The van der Waals surface area contributed by atoms with E-state index in [1.165, 1.54) is 42.7 Å². The number of aliphatic hydroxyl groups is 1. The highest BCUT2D eigenvalue weighted by molar-refractivity contribution is 7.88. The molecule has 4 heterocycles. The second kappa shape index (κ2) is 15.1. The van der Waals surface area contributed by atoms with Gasteiger partial charge in [0.25, 0.3) is 5.91 Å². The Kier molecular flexibility index (Phi) is 11.6. The first kappa shape index (κ1) is 39.2. The summed E-state index contributed by atoms with van der Waals surface area (Å²) in [6.45, 7) is 3.40. The molecule has 0 saturated carbocycles. The number of sulfonamides is 1. The summed E-state index contributed by atoms with van der Waals surface area (Å²) in [5, 5.41) is 16.1. The van der Waals surface area contributed by atoms with Crippen LogP contribution in [0.5, 0.6) is 0 Å². The van der Waals surface area contributed by atoms with E-state index in [1.807, 2.05) is 0 Å². The number of alkyl halides is 2. The van der Waals surface area contributed by atoms with Gasteiger partial charge in [-0.25, -0.2) is 8.42 Å². The van der Waals surface area contributed by atoms with Crippen LogP contribution in [0.3, 0.4) is 0 Å². The average molecular weight is 778 g/mol. The van der Waals surface area contributed by atoms with E-state index in [1.54, 1.807) is 0 Å². The number of amides is 4. The minimum Gasteiger partial charge on any atom is -0.390 e. The topological polar surface area (TPSA) is 192 Å². The lowest BCUT2D eigenvalue weighted by Gasteiger charge is -2.38. The number of hydrogen-bond acceptors (Lipinski definition) is 11. The molecule has 0 aliphatic carbocycles. The molecule has 2 aromatic rings. The molecule has 3 saturated heterocycles. The SMILES string of the molecule is CCOP(=O)(OCC)C(F)(F)c1ccc2sc(C(=O)N[C@H]3CN(C(C)=O)CC[C@H]4CC[C@@H](C(=O)N[C@H]5CN(S(C)(=O)=O)C[C@@H]5O)N4C3=O)cc2c1. The lowest BCUT2D eigenvalue weighted by atomic mass is 10.1. The summed E-state index contributed by atoms with van der Waals surface area (Å²) in [6.07, 6.45) is 0.935. The van der Waals surface area contributed by atoms with Gasteiger partial charge in [-0.1, -0.05) is 6.07 Å². The van der Waals surface area contributed by atoms with E-state index in [9.17, 15) is 37.3 Å². The first-order valence-corrected chi connectivity index (χ1v) is 20.7. The van der Waals surface area contributed by atoms with E-state index in [4.69, 9.17) is 9.05 Å². The summed E-state index contributed by atoms with van der Waals surface area (Å²) in [5.41, 5.74) is -4.62. The molecular weight excluding hydrogens is 735 g/mol. The van der Waals surface area contributed by atoms with Crippen LogP contribution < -0.4 is 10.6 Å². The molecule has 3 fully saturated rings. The number of aliphatic hydroxyl groups excluding tert-OH is 1. The zero-order valence-electron chi connectivity index (χ0n) is 28.5. The maximum Gasteiger partial charge on any atom is 0.404 e. The van der Waals surface area contributed by atoms with Crippen LogP contribution in [-0.4, -0.2) is 127 Å². The van der Waals surface area contributed by atoms with Crippen LogP contribution in [0.2, 0.25) is 0 Å². The number of benzene rings is 1. The number of halogens is 2. The lowest BCUT2D eigenvalue weighted by molar-refractivity contribution is -0.145. The molecule has 0 spiro atoms. The number of rotatable bonds is 11. The Morgan fingerprint density at radius 3 is 2.35 bits per heavy atom. The van der Waals surface area contributed by atoms with Crippen LogP contribution in [0.1, 0.15) is 55.3 Å². The van der Waals surface area contributed by atoms with Gasteiger partial charge in [0.15, 0.2) is 0 Å². The number of fused-ring (bicyclic) bond motifs is 2. The molecule has 3 aliphatic rings. The van der Waals surface area contributed by atoms with Gasteiger partial charge in [0.1, 0.15) is 12.1 Å². The normalized spacial score (nSPS) is 25.1. The van der Waals surface area contributed by atoms with Crippen LogP contribution in [0.4, 0.5) is 8.78 Å². The van der Waals surface area contributed by atoms with Crippen molar-refractivity contribution in [2.75, 3.05) is 45.6 Å². The van der Waals surface area contributed by atoms with Crippen molar-refractivity contribution in [2.45, 2.75) is 76.0 Å². The van der Waals surface area contributed by atoms with Gasteiger partial charge in [-0.05, 0) is 56.7 Å². The van der Waals surface area contributed by atoms with Crippen molar-refractivity contribution in [2.24, 2.45) is 0 Å². The monoisotopic (exact) mass is 777 g/mol. The zero-order chi connectivity index (χ0) is 37.5. The third-order valence-electron chi connectivity index (χ3n) is 9.33. The highest BCUT2D eigenvalue weighted by Crippen LogP contribution is 2.67. The first-order valence-electron chi connectivity index (χ1n) is 16.5. The third kappa shape index (κ3) is 7.99. The molecule has 15 nitrogen and oxygen atoms in total. The van der Waals surface area contributed by atoms with Gasteiger partial charge in [0, 0.05) is 49.4 Å². The first-order chi connectivity index (χ1) is 23.9. The number of carbonyl (C=O) groups is 4. The molecule has 4 amide bonds. The molecule has 3 N–H and O–H groups in total. The lowest BCUT2D eigenvalue weighted by Crippen LogP contribution is -2.61. The number of carbonyl (C=O) groups excluding carboxylic acids is 4. The van der Waals surface area contributed by atoms with Gasteiger partial charge in [-0.15, -0.1) is 11.3 Å². The second-order valence-corrected chi connectivity index (χ2v) is 17.9. The van der Waals surface area contributed by atoms with Gasteiger partial charge < -0.3 is 34.6 Å². The van der Waals surface area contributed by atoms with E-state index >= 15 is 8.78 Å². The average Bonchev–Trinajstić information content (AvgIpc) is 3.77. The fourth-order valence-electron chi connectivity index (χ4n) is 6.74. The summed E-state index contributed by atoms with van der Waals surface area (Å²) >= 11 is 0.975. The van der Waals surface area contributed by atoms with Crippen LogP contribution in [0.25, 0.3) is 10.1 Å². The minimum absolute atomic E-state index is 0.0745. The van der Waals surface area contributed by atoms with Crippen LogP contribution in [0.15, 0.2) is 24.3 Å². The minimum atomic E-state index is -4.88. The fourth-order valence-corrected chi connectivity index (χ4v) is 10.1. The number of hydrogen-bond donors (Lipinski definition) is 3. The van der Waals surface area contributed by atoms with Gasteiger partial charge in [0.05, 0.1) is 36.5 Å². The molecule has 5 atom stereocenters. The Balaban J connectivity index is 1.37. The molecule has 1 aromatic carbocycles. The van der Waals surface area contributed by atoms with Gasteiger partial charge in [-0.2, -0.15) is 13.1 Å². The van der Waals surface area contributed by atoms with Gasteiger partial charge >= 0.3 is 13.3 Å². The molecular formula is C31H42F2N5O10PS2. The molecule has 282 valence electrons. The highest BCUT2D eigenvalue weighted by Gasteiger charge is 2.55. The maximum absolute atomic E-state index is 15.5. The Morgan fingerprint density at radius 2 is 1.75 bits per heavy atom. The number of thiophene rings is 1. The summed E-state index contributed by atoms with van der Waals surface area (Å²) in [4.78, 5) is 56.8. The van der Waals surface area contributed by atoms with E-state index in [0.29, 0.717) is 17.5 Å². The summed E-state index contributed by atoms with van der Waals surface area (Å²) in [6, 6.07) is 1.32. The number of nitrogens with one attached hydrogen (secondary N) is 2. The molecule has 0 radical (unpaired) electrons. The molecule has 51 heavy (non-hydrogen) atoms. The van der Waals surface area contributed by atoms with Crippen LogP contribution in [-0.2, 0) is 43.7 Å². The van der Waals surface area contributed by atoms with Gasteiger partial charge in [-0.3, -0.25) is 23.7 Å². The largest absolute Gasteiger partial charge is 0.404 e.